The predicted molar refractivity (Wildman–Crippen MR) is 367 cm³/mol. The second-order valence-electron chi connectivity index (χ2n) is 27.2. The Hall–Kier alpha value is -9.00. The van der Waals surface area contributed by atoms with E-state index in [1.165, 1.54) is 31.2 Å². The Kier molecular flexibility index (Phi) is 23.4. The SMILES string of the molecule is CN[C@@]1(C)CC(O[C@H]2C(Oc3c4cc5cc3Oc3ccc(cc3Cl)[C@@H](O)[C@@H](NC(=O)[C@@H](CC(C)C)N(C)C)C(=O)N[C@@H](CC(N)=O)C(=O)N[C@H]5C(=O)NC3C(=O)N[C@H](C(=O)N[C@@H](C(C)=O)c5cc(O)c(C)c(O)c5-c5cc3ccc5O)[C@H](O)c3ccc(c(Cl)c3)O4)O[C@H](CO)C(O)[C@@H]2O)O[C@@H](C)[C@H]1O. The van der Waals surface area contributed by atoms with Crippen molar-refractivity contribution in [2.75, 3.05) is 27.7 Å². The molecule has 2 saturated heterocycles. The zero-order valence-electron chi connectivity index (χ0n) is 57.7. The third-order valence-electron chi connectivity index (χ3n) is 19.1. The van der Waals surface area contributed by atoms with Gasteiger partial charge in [0, 0.05) is 28.7 Å². The van der Waals surface area contributed by atoms with Crippen LogP contribution in [0.5, 0.6) is 46.0 Å². The van der Waals surface area contributed by atoms with Gasteiger partial charge in [-0.2, -0.15) is 0 Å². The van der Waals surface area contributed by atoms with Crippen LogP contribution < -0.4 is 57.2 Å². The minimum Gasteiger partial charge on any atom is -0.508 e. The van der Waals surface area contributed by atoms with Gasteiger partial charge in [0.15, 0.2) is 29.7 Å². The number of carbonyl (C=O) groups is 8. The average molecular weight is 1490 g/mol. The van der Waals surface area contributed by atoms with Crippen molar-refractivity contribution in [2.24, 2.45) is 11.7 Å². The Balaban J connectivity index is 1.24. The summed E-state index contributed by atoms with van der Waals surface area (Å²) in [5, 5.41) is 122. The molecule has 34 heteroatoms. The van der Waals surface area contributed by atoms with Crippen molar-refractivity contribution in [3.05, 3.63) is 116 Å². The summed E-state index contributed by atoms with van der Waals surface area (Å²) >= 11 is 14.2. The molecule has 560 valence electrons. The third kappa shape index (κ3) is 16.0. The van der Waals surface area contributed by atoms with Gasteiger partial charge in [-0.15, -0.1) is 0 Å². The molecule has 5 aromatic rings. The number of nitrogens with two attached hydrogens (primary N) is 1. The van der Waals surface area contributed by atoms with E-state index in [4.69, 9.17) is 57.4 Å². The number of nitrogens with one attached hydrogen (secondary N) is 7. The molecule has 5 aromatic carbocycles. The van der Waals surface area contributed by atoms with E-state index in [2.05, 4.69) is 37.2 Å². The number of Topliss-reactive ketones (excluding diaryl/α,β-unsaturated/α-hetero) is 1. The maximum Gasteiger partial charge on any atom is 0.248 e. The monoisotopic (exact) mass is 1490 g/mol. The summed E-state index contributed by atoms with van der Waals surface area (Å²) < 4.78 is 38.8. The van der Waals surface area contributed by atoms with Crippen molar-refractivity contribution in [3.63, 3.8) is 0 Å². The first kappa shape index (κ1) is 77.6. The summed E-state index contributed by atoms with van der Waals surface area (Å²) in [6.45, 7) is 8.33. The number of rotatable bonds is 14. The fourth-order valence-corrected chi connectivity index (χ4v) is 13.6. The van der Waals surface area contributed by atoms with E-state index in [0.717, 1.165) is 55.5 Å². The largest absolute Gasteiger partial charge is 0.508 e. The first-order valence-corrected chi connectivity index (χ1v) is 33.9. The Morgan fingerprint density at radius 1 is 0.731 bits per heavy atom. The number of amides is 7. The molecule has 104 heavy (non-hydrogen) atoms. The predicted octanol–water partition coefficient (Wildman–Crippen LogP) is 1.52. The van der Waals surface area contributed by atoms with E-state index in [0.29, 0.717) is 0 Å². The smallest absolute Gasteiger partial charge is 0.248 e. The first-order chi connectivity index (χ1) is 49.0. The summed E-state index contributed by atoms with van der Waals surface area (Å²) in [7, 11) is 4.81. The lowest BCUT2D eigenvalue weighted by Crippen LogP contribution is -2.65. The number of halogens is 2. The van der Waals surface area contributed by atoms with Crippen molar-refractivity contribution in [1.82, 2.24) is 42.1 Å². The summed E-state index contributed by atoms with van der Waals surface area (Å²) in [6.07, 6.45) is -17.8. The third-order valence-corrected chi connectivity index (χ3v) is 19.7. The van der Waals surface area contributed by atoms with Gasteiger partial charge in [0.2, 0.25) is 53.4 Å². The Morgan fingerprint density at radius 2 is 1.33 bits per heavy atom. The summed E-state index contributed by atoms with van der Waals surface area (Å²) in [5.74, 6) is -14.0. The maximum absolute atomic E-state index is 16.1. The van der Waals surface area contributed by atoms with Gasteiger partial charge < -0.3 is 117 Å². The van der Waals surface area contributed by atoms with E-state index >= 15 is 19.2 Å². The number of aliphatic hydroxyl groups is 6. The summed E-state index contributed by atoms with van der Waals surface area (Å²) in [5.41, 5.74) is 2.43. The highest BCUT2D eigenvalue weighted by atomic mass is 35.5. The number of fused-ring (bicyclic) bond motifs is 15. The van der Waals surface area contributed by atoms with Crippen LogP contribution in [-0.2, 0) is 52.6 Å². The van der Waals surface area contributed by atoms with E-state index in [9.17, 15) is 65.1 Å². The molecule has 7 heterocycles. The molecule has 2 fully saturated rings. The number of likely N-dealkylation sites (N-methyl/N-ethyl adjacent to an activating group) is 2. The molecule has 11 bridgehead atoms. The van der Waals surface area contributed by atoms with Crippen molar-refractivity contribution in [2.45, 2.75) is 170 Å². The molecule has 7 amide bonds. The van der Waals surface area contributed by atoms with Gasteiger partial charge in [-0.05, 0) is 144 Å². The van der Waals surface area contributed by atoms with Gasteiger partial charge in [-0.3, -0.25) is 43.3 Å². The van der Waals surface area contributed by atoms with Crippen molar-refractivity contribution in [3.8, 4) is 57.1 Å². The van der Waals surface area contributed by atoms with Gasteiger partial charge in [-0.1, -0.05) is 55.2 Å². The first-order valence-electron chi connectivity index (χ1n) is 33.1. The van der Waals surface area contributed by atoms with Gasteiger partial charge in [-0.25, -0.2) is 0 Å². The molecule has 7 aliphatic heterocycles. The lowest BCUT2D eigenvalue weighted by molar-refractivity contribution is -0.334. The van der Waals surface area contributed by atoms with Crippen LogP contribution in [0.2, 0.25) is 10.0 Å². The topological polar surface area (TPSA) is 487 Å². The molecule has 0 saturated carbocycles. The number of phenols is 3. The number of primary amides is 1. The zero-order valence-corrected chi connectivity index (χ0v) is 59.2. The molecule has 4 unspecified atom stereocenters. The minimum atomic E-state index is -2.31. The number of ketones is 1. The van der Waals surface area contributed by atoms with Crippen LogP contribution in [0.15, 0.2) is 72.8 Å². The van der Waals surface area contributed by atoms with Crippen LogP contribution in [0.4, 0.5) is 0 Å². The van der Waals surface area contributed by atoms with Crippen LogP contribution in [-0.4, -0.2) is 205 Å². The Morgan fingerprint density at radius 3 is 1.90 bits per heavy atom. The van der Waals surface area contributed by atoms with Crippen molar-refractivity contribution >= 4 is 70.3 Å². The van der Waals surface area contributed by atoms with Crippen LogP contribution in [0.25, 0.3) is 11.1 Å². The number of hydrogen-bond donors (Lipinski definition) is 17. The number of aromatic hydroxyl groups is 3. The normalized spacial score (nSPS) is 29.0. The number of phenolic OH excluding ortho intramolecular Hbond substituents is 3. The van der Waals surface area contributed by atoms with E-state index in [-0.39, 0.29) is 74.2 Å². The number of carbonyl (C=O) groups excluding carboxylic acids is 8. The molecule has 7 aliphatic rings. The van der Waals surface area contributed by atoms with Crippen molar-refractivity contribution in [1.29, 1.82) is 0 Å². The molecule has 0 spiro atoms. The zero-order chi connectivity index (χ0) is 76.0. The second-order valence-corrected chi connectivity index (χ2v) is 28.0. The molecule has 18 N–H and O–H groups in total. The summed E-state index contributed by atoms with van der Waals surface area (Å²) in [4.78, 5) is 120. The highest BCUT2D eigenvalue weighted by Gasteiger charge is 2.52. The lowest BCUT2D eigenvalue weighted by atomic mass is 9.85. The average Bonchev–Trinajstić information content (AvgIpc) is 0.764. The Bertz CT molecular complexity index is 4190. The fourth-order valence-electron chi connectivity index (χ4n) is 13.1. The van der Waals surface area contributed by atoms with Crippen molar-refractivity contribution < 1.29 is 113 Å². The molecular weight excluding hydrogens is 1410 g/mol. The number of benzene rings is 5. The lowest BCUT2D eigenvalue weighted by Gasteiger charge is -2.48. The molecule has 32 nitrogen and oxygen atoms in total. The molecule has 0 radical (unpaired) electrons. The maximum atomic E-state index is 16.1. The minimum absolute atomic E-state index is 0.0842. The highest BCUT2D eigenvalue weighted by Crippen LogP contribution is 2.50. The van der Waals surface area contributed by atoms with Gasteiger partial charge >= 0.3 is 0 Å². The molecular formula is C70H83Cl2N9O23. The highest BCUT2D eigenvalue weighted by molar-refractivity contribution is 6.32. The Labute approximate surface area is 605 Å². The van der Waals surface area contributed by atoms with Crippen LogP contribution >= 0.6 is 23.2 Å². The van der Waals surface area contributed by atoms with Gasteiger partial charge in [0.1, 0.15) is 95.5 Å². The van der Waals surface area contributed by atoms with Crippen LogP contribution in [0.3, 0.4) is 0 Å². The molecule has 0 aromatic heterocycles. The number of aliphatic hydroxyl groups excluding tert-OH is 6. The van der Waals surface area contributed by atoms with E-state index in [1.54, 1.807) is 39.9 Å². The second kappa shape index (κ2) is 31.4. The fraction of sp³-hybridized carbons (Fsp3) is 0.457. The molecule has 12 rings (SSSR count). The van der Waals surface area contributed by atoms with Crippen LogP contribution in [0.1, 0.15) is 118 Å². The standard InChI is InChI=1S/C70H83Cl2N9O23/c1-26(2)16-39(81(8)9)64(94)79-53-56(88)31-11-14-42(36(71)18-31)100-44-20-33-21-45(60(44)104-69-61(59(91)58(90)46(25-82)102-69)103-48-24-70(6,74-7)62(92)29(5)99-48)101-43-15-12-32(19-37(43)72)57(89)54-68(98)76-50(28(4)83)35-22-41(85)27(3)55(87)49(35)34-17-30(10-13-40(34)84)51(65(95)80-54)78-66(96)52(33)77-63(93)38(23-47(73)86)75-67(53)97/h10-15,17-22,26,29,38-39,46,48,50-54,56-59,61-62,69,74,82,84-85,87-92H,16,23-25H2,1-9H3,(H2,73,86)(H,75,97)(H,76,98)(H,77,93)(H,78,96)(H,79,94)(H,80,95)/t29-,38-,39+,46+,48?,50-,51?,52+,53+,54-,56+,57+,58?,59-,61+,62+,69?,70-/m0/s1. The molecule has 18 atom stereocenters. The van der Waals surface area contributed by atoms with Crippen LogP contribution in [0, 0.1) is 12.8 Å². The van der Waals surface area contributed by atoms with E-state index in [1.807, 2.05) is 13.8 Å². The van der Waals surface area contributed by atoms with Gasteiger partial charge in [0.05, 0.1) is 41.3 Å². The quantitative estimate of drug-likeness (QED) is 0.0749. The molecule has 0 aliphatic carbocycles. The number of nitrogens with zero attached hydrogens (tertiary/aromatic N) is 1. The number of hydrogen-bond acceptors (Lipinski definition) is 25. The number of ether oxygens (including phenoxy) is 6. The summed E-state index contributed by atoms with van der Waals surface area (Å²) in [6, 6.07) is 0.0599. The van der Waals surface area contributed by atoms with E-state index < -0.39 is 214 Å². The van der Waals surface area contributed by atoms with Gasteiger partial charge in [0.25, 0.3) is 0 Å².